The van der Waals surface area contributed by atoms with Crippen LogP contribution in [-0.4, -0.2) is 19.4 Å². The number of esters is 1. The minimum absolute atomic E-state index is 0.404. The van der Waals surface area contributed by atoms with Gasteiger partial charge < -0.3 is 14.8 Å². The van der Waals surface area contributed by atoms with Crippen molar-refractivity contribution >= 4 is 17.6 Å². The summed E-state index contributed by atoms with van der Waals surface area (Å²) in [6, 6.07) is 7.50. The van der Waals surface area contributed by atoms with Crippen molar-refractivity contribution in [2.45, 2.75) is 12.8 Å². The topological polar surface area (TPSA) is 47.6 Å². The van der Waals surface area contributed by atoms with Gasteiger partial charge in [-0.3, -0.25) is 0 Å². The van der Waals surface area contributed by atoms with Crippen molar-refractivity contribution in [1.29, 1.82) is 0 Å². The summed E-state index contributed by atoms with van der Waals surface area (Å²) in [7, 11) is 1.48. The lowest BCUT2D eigenvalue weighted by molar-refractivity contribution is -0.155. The van der Waals surface area contributed by atoms with Crippen LogP contribution in [0.2, 0.25) is 5.02 Å². The van der Waals surface area contributed by atoms with Crippen LogP contribution in [0.4, 0.5) is 0 Å². The number of cyclic esters (lactones) is 1. The first-order valence-electron chi connectivity index (χ1n) is 5.13. The number of benzene rings is 1. The number of carbonyl (C=O) groups is 1. The summed E-state index contributed by atoms with van der Waals surface area (Å²) in [5.74, 6) is -0.404. The molecule has 1 aromatic rings. The van der Waals surface area contributed by atoms with Gasteiger partial charge in [0.15, 0.2) is 0 Å². The second-order valence-corrected chi connectivity index (χ2v) is 3.96. The number of nitrogens with one attached hydrogen (secondary N) is 1. The van der Waals surface area contributed by atoms with E-state index in [0.29, 0.717) is 17.3 Å². The molecule has 2 rings (SSSR count). The third kappa shape index (κ3) is 2.78. The zero-order chi connectivity index (χ0) is 12.3. The van der Waals surface area contributed by atoms with Crippen LogP contribution in [0.15, 0.2) is 36.0 Å². The second kappa shape index (κ2) is 5.21. The number of methoxy groups -OCH3 is 1. The van der Waals surface area contributed by atoms with Gasteiger partial charge in [0.25, 0.3) is 0 Å². The van der Waals surface area contributed by atoms with Gasteiger partial charge in [-0.25, -0.2) is 4.79 Å². The molecule has 0 aromatic heterocycles. The molecule has 4 nitrogen and oxygen atoms in total. The number of hydrogen-bond donors (Lipinski definition) is 1. The molecular weight excluding hydrogens is 242 g/mol. The molecule has 0 unspecified atom stereocenters. The van der Waals surface area contributed by atoms with E-state index in [1.165, 1.54) is 13.2 Å². The molecule has 1 aliphatic rings. The highest BCUT2D eigenvalue weighted by atomic mass is 35.5. The minimum Gasteiger partial charge on any atom is -0.426 e. The molecule has 5 heteroatoms. The zero-order valence-electron chi connectivity index (χ0n) is 9.27. The maximum Gasteiger partial charge on any atom is 0.335 e. The number of halogens is 1. The van der Waals surface area contributed by atoms with Crippen LogP contribution >= 0.6 is 11.6 Å². The van der Waals surface area contributed by atoms with Crippen molar-refractivity contribution in [3.63, 3.8) is 0 Å². The first-order chi connectivity index (χ1) is 8.20. The molecule has 0 spiro atoms. The lowest BCUT2D eigenvalue weighted by Gasteiger charge is -2.14. The molecule has 1 aromatic carbocycles. The molecule has 0 amide bonds. The van der Waals surface area contributed by atoms with Gasteiger partial charge in [-0.1, -0.05) is 29.8 Å². The average Bonchev–Trinajstić information content (AvgIpc) is 2.69. The Balaban J connectivity index is 2.01. The van der Waals surface area contributed by atoms with Crippen molar-refractivity contribution in [3.8, 4) is 0 Å². The molecule has 0 saturated heterocycles. The highest BCUT2D eigenvalue weighted by Gasteiger charge is 2.25. The molecule has 90 valence electrons. The molecule has 0 radical (unpaired) electrons. The standard InChI is InChI=1S/C12H12ClNO3/c1-16-12-10(6-11(15)17-12)14-7-8-4-2-3-5-9(8)13/h2-6,12,14H,7H2,1H3/t12-/m0/s1. The van der Waals surface area contributed by atoms with E-state index < -0.39 is 12.3 Å². The summed E-state index contributed by atoms with van der Waals surface area (Å²) in [6.07, 6.45) is 0.732. The van der Waals surface area contributed by atoms with Crippen LogP contribution in [0.5, 0.6) is 0 Å². The van der Waals surface area contributed by atoms with Crippen LogP contribution in [0.1, 0.15) is 5.56 Å². The molecule has 1 aliphatic heterocycles. The predicted molar refractivity (Wildman–Crippen MR) is 63.3 cm³/mol. The van der Waals surface area contributed by atoms with Crippen molar-refractivity contribution in [3.05, 3.63) is 46.6 Å². The first kappa shape index (κ1) is 12.0. The van der Waals surface area contributed by atoms with Crippen molar-refractivity contribution < 1.29 is 14.3 Å². The maximum atomic E-state index is 11.1. The van der Waals surface area contributed by atoms with Gasteiger partial charge in [0.2, 0.25) is 6.29 Å². The largest absolute Gasteiger partial charge is 0.426 e. The van der Waals surface area contributed by atoms with Crippen LogP contribution < -0.4 is 5.32 Å². The fraction of sp³-hybridized carbons (Fsp3) is 0.250. The zero-order valence-corrected chi connectivity index (χ0v) is 10.0. The van der Waals surface area contributed by atoms with Gasteiger partial charge in [-0.05, 0) is 11.6 Å². The number of hydrogen-bond acceptors (Lipinski definition) is 4. The van der Waals surface area contributed by atoms with Gasteiger partial charge in [0.05, 0.1) is 5.70 Å². The van der Waals surface area contributed by atoms with Gasteiger partial charge in [-0.2, -0.15) is 0 Å². The van der Waals surface area contributed by atoms with Gasteiger partial charge >= 0.3 is 5.97 Å². The Morgan fingerprint density at radius 3 is 2.94 bits per heavy atom. The summed E-state index contributed by atoms with van der Waals surface area (Å²) in [5.41, 5.74) is 1.56. The summed E-state index contributed by atoms with van der Waals surface area (Å²) < 4.78 is 9.90. The van der Waals surface area contributed by atoms with Crippen LogP contribution in [0, 0.1) is 0 Å². The van der Waals surface area contributed by atoms with E-state index in [2.05, 4.69) is 5.32 Å². The third-order valence-electron chi connectivity index (χ3n) is 2.41. The third-order valence-corrected chi connectivity index (χ3v) is 2.77. The highest BCUT2D eigenvalue weighted by Crippen LogP contribution is 2.17. The molecule has 17 heavy (non-hydrogen) atoms. The predicted octanol–water partition coefficient (Wildman–Crippen LogP) is 1.84. The molecule has 0 bridgehead atoms. The first-order valence-corrected chi connectivity index (χ1v) is 5.51. The van der Waals surface area contributed by atoms with Crippen LogP contribution in [0.25, 0.3) is 0 Å². The highest BCUT2D eigenvalue weighted by molar-refractivity contribution is 6.31. The van der Waals surface area contributed by atoms with E-state index in [0.717, 1.165) is 5.56 Å². The van der Waals surface area contributed by atoms with E-state index in [9.17, 15) is 4.79 Å². The van der Waals surface area contributed by atoms with Gasteiger partial charge in [-0.15, -0.1) is 0 Å². The normalized spacial score (nSPS) is 18.8. The van der Waals surface area contributed by atoms with Gasteiger partial charge in [0, 0.05) is 24.8 Å². The van der Waals surface area contributed by atoms with E-state index in [1.54, 1.807) is 0 Å². The molecule has 0 aliphatic carbocycles. The maximum absolute atomic E-state index is 11.1. The second-order valence-electron chi connectivity index (χ2n) is 3.55. The Hall–Kier alpha value is -1.52. The van der Waals surface area contributed by atoms with Crippen molar-refractivity contribution in [1.82, 2.24) is 5.32 Å². The van der Waals surface area contributed by atoms with Crippen LogP contribution in [-0.2, 0) is 20.8 Å². The van der Waals surface area contributed by atoms with Crippen molar-refractivity contribution in [2.75, 3.05) is 7.11 Å². The SMILES string of the molecule is CO[C@H]1OC(=O)C=C1NCc1ccccc1Cl. The summed E-state index contributed by atoms with van der Waals surface area (Å²) >= 11 is 6.02. The molecule has 1 heterocycles. The number of carbonyl (C=O) groups excluding carboxylic acids is 1. The fourth-order valence-corrected chi connectivity index (χ4v) is 1.75. The Bertz CT molecular complexity index is 459. The fourth-order valence-electron chi connectivity index (χ4n) is 1.55. The molecule has 0 fully saturated rings. The summed E-state index contributed by atoms with van der Waals surface area (Å²) in [4.78, 5) is 11.1. The van der Waals surface area contributed by atoms with E-state index in [4.69, 9.17) is 21.1 Å². The minimum atomic E-state index is -0.648. The Labute approximate surface area is 104 Å². The molecule has 1 N–H and O–H groups in total. The van der Waals surface area contributed by atoms with E-state index >= 15 is 0 Å². The Kier molecular flexibility index (Phi) is 3.66. The summed E-state index contributed by atoms with van der Waals surface area (Å²) in [5, 5.41) is 3.76. The summed E-state index contributed by atoms with van der Waals surface area (Å²) in [6.45, 7) is 0.516. The quantitative estimate of drug-likeness (QED) is 0.832. The lowest BCUT2D eigenvalue weighted by atomic mass is 10.2. The van der Waals surface area contributed by atoms with Crippen LogP contribution in [0.3, 0.4) is 0 Å². The molecule has 0 saturated carbocycles. The Morgan fingerprint density at radius 1 is 1.47 bits per heavy atom. The molecular formula is C12H12ClNO3. The lowest BCUT2D eigenvalue weighted by Crippen LogP contribution is -2.24. The monoisotopic (exact) mass is 253 g/mol. The number of rotatable bonds is 4. The van der Waals surface area contributed by atoms with E-state index in [-0.39, 0.29) is 0 Å². The van der Waals surface area contributed by atoms with E-state index in [1.807, 2.05) is 24.3 Å². The average molecular weight is 254 g/mol. The smallest absolute Gasteiger partial charge is 0.335 e. The Morgan fingerprint density at radius 2 is 2.24 bits per heavy atom. The number of ether oxygens (including phenoxy) is 2. The van der Waals surface area contributed by atoms with Gasteiger partial charge in [0.1, 0.15) is 0 Å². The molecule has 1 atom stereocenters. The van der Waals surface area contributed by atoms with Crippen molar-refractivity contribution in [2.24, 2.45) is 0 Å².